The van der Waals surface area contributed by atoms with Crippen molar-refractivity contribution in [3.05, 3.63) is 0 Å². The summed E-state index contributed by atoms with van der Waals surface area (Å²) in [7, 11) is 0. The molecule has 118 valence electrons. The van der Waals surface area contributed by atoms with Gasteiger partial charge in [-0.1, -0.05) is 53.4 Å². The van der Waals surface area contributed by atoms with Crippen LogP contribution in [0.15, 0.2) is 0 Å². The van der Waals surface area contributed by atoms with E-state index in [0.29, 0.717) is 23.4 Å². The molecule has 0 heterocycles. The van der Waals surface area contributed by atoms with Gasteiger partial charge in [0.05, 0.1) is 0 Å². The second-order valence-electron chi connectivity index (χ2n) is 6.89. The quantitative estimate of drug-likeness (QED) is 0.427. The first-order valence-corrected chi connectivity index (χ1v) is 8.45. The van der Waals surface area contributed by atoms with Gasteiger partial charge in [0.25, 0.3) is 0 Å². The van der Waals surface area contributed by atoms with Gasteiger partial charge in [-0.3, -0.25) is 9.59 Å². The molecule has 0 aliphatic carbocycles. The number of unbranched alkanes of at least 4 members (excludes halogenated alkanes) is 5. The van der Waals surface area contributed by atoms with Gasteiger partial charge in [-0.05, 0) is 24.7 Å². The SMILES string of the molecule is CC(C)CC(=O)CCCCCCCCC(=O)CC(C)C. The Morgan fingerprint density at radius 2 is 0.900 bits per heavy atom. The van der Waals surface area contributed by atoms with E-state index in [1.54, 1.807) is 0 Å². The van der Waals surface area contributed by atoms with Crippen LogP contribution in [-0.2, 0) is 9.59 Å². The van der Waals surface area contributed by atoms with Crippen LogP contribution >= 0.6 is 0 Å². The van der Waals surface area contributed by atoms with Crippen molar-refractivity contribution in [2.24, 2.45) is 11.8 Å². The van der Waals surface area contributed by atoms with Gasteiger partial charge in [0.2, 0.25) is 0 Å². The molecule has 0 rings (SSSR count). The summed E-state index contributed by atoms with van der Waals surface area (Å²) in [4.78, 5) is 23.0. The third-order valence-corrected chi connectivity index (χ3v) is 3.43. The fourth-order valence-corrected chi connectivity index (χ4v) is 2.47. The first-order chi connectivity index (χ1) is 9.41. The van der Waals surface area contributed by atoms with Crippen LogP contribution in [0.2, 0.25) is 0 Å². The molecule has 20 heavy (non-hydrogen) atoms. The number of ketones is 2. The van der Waals surface area contributed by atoms with Crippen molar-refractivity contribution in [1.82, 2.24) is 0 Å². The second-order valence-corrected chi connectivity index (χ2v) is 6.89. The zero-order valence-corrected chi connectivity index (χ0v) is 14.0. The van der Waals surface area contributed by atoms with E-state index >= 15 is 0 Å². The highest BCUT2D eigenvalue weighted by Crippen LogP contribution is 2.12. The van der Waals surface area contributed by atoms with Crippen LogP contribution in [0, 0.1) is 11.8 Å². The monoisotopic (exact) mass is 282 g/mol. The maximum Gasteiger partial charge on any atom is 0.133 e. The fourth-order valence-electron chi connectivity index (χ4n) is 2.47. The molecule has 0 saturated carbocycles. The molecule has 2 heteroatoms. The van der Waals surface area contributed by atoms with Crippen molar-refractivity contribution in [2.75, 3.05) is 0 Å². The topological polar surface area (TPSA) is 34.1 Å². The number of hydrogen-bond acceptors (Lipinski definition) is 2. The van der Waals surface area contributed by atoms with Crippen molar-refractivity contribution < 1.29 is 9.59 Å². The van der Waals surface area contributed by atoms with E-state index in [1.807, 2.05) is 0 Å². The van der Waals surface area contributed by atoms with E-state index in [2.05, 4.69) is 27.7 Å². The Morgan fingerprint density at radius 3 is 1.20 bits per heavy atom. The Morgan fingerprint density at radius 1 is 0.600 bits per heavy atom. The molecule has 2 nitrogen and oxygen atoms in total. The lowest BCUT2D eigenvalue weighted by atomic mass is 10.0. The molecule has 0 atom stereocenters. The lowest BCUT2D eigenvalue weighted by molar-refractivity contribution is -0.120. The minimum absolute atomic E-state index is 0.416. The minimum Gasteiger partial charge on any atom is -0.300 e. The van der Waals surface area contributed by atoms with Crippen LogP contribution in [0.1, 0.15) is 91.9 Å². The van der Waals surface area contributed by atoms with E-state index in [9.17, 15) is 9.59 Å². The summed E-state index contributed by atoms with van der Waals surface area (Å²) in [5, 5.41) is 0. The molecular weight excluding hydrogens is 248 g/mol. The number of rotatable bonds is 13. The average Bonchev–Trinajstić information content (AvgIpc) is 2.30. The number of carbonyl (C=O) groups excluding carboxylic acids is 2. The lowest BCUT2D eigenvalue weighted by Gasteiger charge is -2.05. The maximum absolute atomic E-state index is 11.5. The number of Topliss-reactive ketones (excluding diaryl/α,β-unsaturated/α-hetero) is 2. The highest BCUT2D eigenvalue weighted by atomic mass is 16.1. The summed E-state index contributed by atoms with van der Waals surface area (Å²) in [6.45, 7) is 8.38. The molecule has 0 amide bonds. The standard InChI is InChI=1S/C18H34O2/c1-15(2)13-17(19)11-9-7-5-6-8-10-12-18(20)14-16(3)4/h15-16H,5-14H2,1-4H3. The van der Waals surface area contributed by atoms with Crippen molar-refractivity contribution >= 4 is 11.6 Å². The van der Waals surface area contributed by atoms with E-state index in [1.165, 1.54) is 12.8 Å². The van der Waals surface area contributed by atoms with Gasteiger partial charge in [-0.2, -0.15) is 0 Å². The molecule has 0 aliphatic heterocycles. The van der Waals surface area contributed by atoms with Crippen LogP contribution in [-0.4, -0.2) is 11.6 Å². The molecule has 0 radical (unpaired) electrons. The fraction of sp³-hybridized carbons (Fsp3) is 0.889. The largest absolute Gasteiger partial charge is 0.300 e. The molecule has 0 aliphatic rings. The summed E-state index contributed by atoms with van der Waals surface area (Å²) in [5.74, 6) is 1.82. The van der Waals surface area contributed by atoms with Gasteiger partial charge in [-0.15, -0.1) is 0 Å². The summed E-state index contributed by atoms with van der Waals surface area (Å²) in [5.41, 5.74) is 0. The van der Waals surface area contributed by atoms with Crippen LogP contribution in [0.25, 0.3) is 0 Å². The van der Waals surface area contributed by atoms with Gasteiger partial charge in [0.1, 0.15) is 11.6 Å². The zero-order valence-electron chi connectivity index (χ0n) is 14.0. The Hall–Kier alpha value is -0.660. The van der Waals surface area contributed by atoms with Gasteiger partial charge in [0, 0.05) is 25.7 Å². The highest BCUT2D eigenvalue weighted by Gasteiger charge is 2.05. The van der Waals surface area contributed by atoms with Crippen molar-refractivity contribution in [3.8, 4) is 0 Å². The molecule has 0 bridgehead atoms. The van der Waals surface area contributed by atoms with Crippen LogP contribution in [0.3, 0.4) is 0 Å². The molecule has 0 aromatic rings. The summed E-state index contributed by atoms with van der Waals surface area (Å²) >= 11 is 0. The molecule has 0 unspecified atom stereocenters. The van der Waals surface area contributed by atoms with E-state index in [0.717, 1.165) is 51.4 Å². The second kappa shape index (κ2) is 12.1. The Kier molecular flexibility index (Phi) is 11.7. The molecule has 0 aromatic carbocycles. The third kappa shape index (κ3) is 13.8. The first kappa shape index (κ1) is 19.3. The molecular formula is C18H34O2. The van der Waals surface area contributed by atoms with E-state index in [4.69, 9.17) is 0 Å². The van der Waals surface area contributed by atoms with Gasteiger partial charge >= 0.3 is 0 Å². The lowest BCUT2D eigenvalue weighted by Crippen LogP contribution is -2.02. The Bertz CT molecular complexity index is 239. The van der Waals surface area contributed by atoms with Gasteiger partial charge in [-0.25, -0.2) is 0 Å². The zero-order chi connectivity index (χ0) is 15.4. The summed E-state index contributed by atoms with van der Waals surface area (Å²) < 4.78 is 0. The Labute approximate surface area is 125 Å². The highest BCUT2D eigenvalue weighted by molar-refractivity contribution is 5.78. The van der Waals surface area contributed by atoms with Crippen molar-refractivity contribution in [3.63, 3.8) is 0 Å². The maximum atomic E-state index is 11.5. The smallest absolute Gasteiger partial charge is 0.133 e. The molecule has 0 aromatic heterocycles. The molecule has 0 N–H and O–H groups in total. The van der Waals surface area contributed by atoms with Crippen molar-refractivity contribution in [2.45, 2.75) is 91.9 Å². The number of carbonyl (C=O) groups is 2. The molecule has 0 saturated heterocycles. The number of hydrogen-bond donors (Lipinski definition) is 0. The molecule has 0 fully saturated rings. The summed E-state index contributed by atoms with van der Waals surface area (Å²) in [6, 6.07) is 0. The summed E-state index contributed by atoms with van der Waals surface area (Å²) in [6.07, 6.45) is 9.77. The van der Waals surface area contributed by atoms with Crippen LogP contribution in [0.5, 0.6) is 0 Å². The van der Waals surface area contributed by atoms with Crippen molar-refractivity contribution in [1.29, 1.82) is 0 Å². The van der Waals surface area contributed by atoms with Gasteiger partial charge in [0.15, 0.2) is 0 Å². The Balaban J connectivity index is 3.29. The van der Waals surface area contributed by atoms with E-state index < -0.39 is 0 Å². The van der Waals surface area contributed by atoms with Crippen LogP contribution in [0.4, 0.5) is 0 Å². The van der Waals surface area contributed by atoms with Crippen LogP contribution < -0.4 is 0 Å². The molecule has 0 spiro atoms. The predicted molar refractivity (Wildman–Crippen MR) is 85.9 cm³/mol. The normalized spacial score (nSPS) is 11.3. The first-order valence-electron chi connectivity index (χ1n) is 8.45. The predicted octanol–water partition coefficient (Wildman–Crippen LogP) is 5.34. The minimum atomic E-state index is 0.416. The van der Waals surface area contributed by atoms with E-state index in [-0.39, 0.29) is 0 Å². The third-order valence-electron chi connectivity index (χ3n) is 3.43. The average molecular weight is 282 g/mol. The van der Waals surface area contributed by atoms with Gasteiger partial charge < -0.3 is 0 Å².